The molecule has 0 aliphatic rings. The SMILES string of the molecule is Cc1cc(C)c(NC(=O)[C@@H](N)c2ccccc2)c(Cl)c1. The Morgan fingerprint density at radius 3 is 2.45 bits per heavy atom. The zero-order valence-corrected chi connectivity index (χ0v) is 12.2. The highest BCUT2D eigenvalue weighted by Gasteiger charge is 2.17. The summed E-state index contributed by atoms with van der Waals surface area (Å²) < 4.78 is 0. The van der Waals surface area contributed by atoms with Gasteiger partial charge in [-0.1, -0.05) is 48.0 Å². The van der Waals surface area contributed by atoms with E-state index < -0.39 is 6.04 Å². The van der Waals surface area contributed by atoms with E-state index in [2.05, 4.69) is 5.32 Å². The molecule has 2 aromatic carbocycles. The smallest absolute Gasteiger partial charge is 0.245 e. The first-order chi connectivity index (χ1) is 9.49. The van der Waals surface area contributed by atoms with Crippen molar-refractivity contribution in [2.75, 3.05) is 5.32 Å². The highest BCUT2D eigenvalue weighted by atomic mass is 35.5. The monoisotopic (exact) mass is 288 g/mol. The molecule has 0 aliphatic carbocycles. The summed E-state index contributed by atoms with van der Waals surface area (Å²) in [5.74, 6) is -0.273. The van der Waals surface area contributed by atoms with Crippen molar-refractivity contribution in [2.24, 2.45) is 5.73 Å². The Morgan fingerprint density at radius 2 is 1.85 bits per heavy atom. The molecule has 4 heteroatoms. The molecule has 0 spiro atoms. The van der Waals surface area contributed by atoms with Crippen molar-refractivity contribution in [1.29, 1.82) is 0 Å². The van der Waals surface area contributed by atoms with Crippen molar-refractivity contribution in [3.63, 3.8) is 0 Å². The van der Waals surface area contributed by atoms with Crippen LogP contribution in [0.4, 0.5) is 5.69 Å². The molecule has 0 unspecified atom stereocenters. The number of nitrogens with one attached hydrogen (secondary N) is 1. The molecule has 0 saturated heterocycles. The Morgan fingerprint density at radius 1 is 1.20 bits per heavy atom. The highest BCUT2D eigenvalue weighted by Crippen LogP contribution is 2.28. The van der Waals surface area contributed by atoms with Crippen molar-refractivity contribution in [2.45, 2.75) is 19.9 Å². The van der Waals surface area contributed by atoms with Gasteiger partial charge in [0.1, 0.15) is 6.04 Å². The molecule has 3 nitrogen and oxygen atoms in total. The van der Waals surface area contributed by atoms with Crippen LogP contribution in [0.25, 0.3) is 0 Å². The van der Waals surface area contributed by atoms with Crippen molar-refractivity contribution in [3.8, 4) is 0 Å². The van der Waals surface area contributed by atoms with E-state index >= 15 is 0 Å². The number of nitrogens with two attached hydrogens (primary N) is 1. The lowest BCUT2D eigenvalue weighted by Gasteiger charge is -2.15. The molecular weight excluding hydrogens is 272 g/mol. The summed E-state index contributed by atoms with van der Waals surface area (Å²) in [4.78, 5) is 12.2. The topological polar surface area (TPSA) is 55.1 Å². The average molecular weight is 289 g/mol. The zero-order chi connectivity index (χ0) is 14.7. The van der Waals surface area contributed by atoms with Crippen LogP contribution in [0.15, 0.2) is 42.5 Å². The van der Waals surface area contributed by atoms with Gasteiger partial charge in [0.05, 0.1) is 10.7 Å². The van der Waals surface area contributed by atoms with Crippen LogP contribution in [0.1, 0.15) is 22.7 Å². The number of aryl methyl sites for hydroxylation is 2. The summed E-state index contributed by atoms with van der Waals surface area (Å²) in [6.45, 7) is 3.86. The number of amides is 1. The minimum atomic E-state index is -0.715. The van der Waals surface area contributed by atoms with E-state index in [0.29, 0.717) is 10.7 Å². The molecule has 104 valence electrons. The fourth-order valence-corrected chi connectivity index (χ4v) is 2.46. The van der Waals surface area contributed by atoms with E-state index in [0.717, 1.165) is 16.7 Å². The van der Waals surface area contributed by atoms with Gasteiger partial charge in [0, 0.05) is 0 Å². The summed E-state index contributed by atoms with van der Waals surface area (Å²) in [5.41, 5.74) is 9.32. The number of anilines is 1. The Balaban J connectivity index is 2.20. The predicted molar refractivity (Wildman–Crippen MR) is 82.9 cm³/mol. The van der Waals surface area contributed by atoms with Crippen molar-refractivity contribution < 1.29 is 4.79 Å². The molecule has 0 radical (unpaired) electrons. The zero-order valence-electron chi connectivity index (χ0n) is 11.5. The minimum absolute atomic E-state index is 0.273. The number of carbonyl (C=O) groups excluding carboxylic acids is 1. The average Bonchev–Trinajstić information content (AvgIpc) is 2.42. The van der Waals surface area contributed by atoms with Crippen LogP contribution in [0.3, 0.4) is 0 Å². The maximum atomic E-state index is 12.2. The Hall–Kier alpha value is -1.84. The lowest BCUT2D eigenvalue weighted by Crippen LogP contribution is -2.28. The van der Waals surface area contributed by atoms with Crippen LogP contribution in [0.5, 0.6) is 0 Å². The van der Waals surface area contributed by atoms with Gasteiger partial charge in [-0.25, -0.2) is 0 Å². The third-order valence-electron chi connectivity index (χ3n) is 3.12. The molecule has 2 aromatic rings. The number of rotatable bonds is 3. The largest absolute Gasteiger partial charge is 0.323 e. The van der Waals surface area contributed by atoms with Crippen LogP contribution in [-0.2, 0) is 4.79 Å². The second-order valence-corrected chi connectivity index (χ2v) is 5.22. The first-order valence-corrected chi connectivity index (χ1v) is 6.75. The second-order valence-electron chi connectivity index (χ2n) is 4.82. The van der Waals surface area contributed by atoms with Gasteiger partial charge in [-0.15, -0.1) is 0 Å². The lowest BCUT2D eigenvalue weighted by atomic mass is 10.1. The van der Waals surface area contributed by atoms with E-state index in [1.54, 1.807) is 0 Å². The maximum absolute atomic E-state index is 12.2. The number of benzene rings is 2. The molecule has 0 aromatic heterocycles. The molecular formula is C16H17ClN2O. The third kappa shape index (κ3) is 3.18. The summed E-state index contributed by atoms with van der Waals surface area (Å²) in [6.07, 6.45) is 0. The molecule has 2 rings (SSSR count). The Labute approximate surface area is 123 Å². The van der Waals surface area contributed by atoms with Gasteiger partial charge in [-0.3, -0.25) is 4.79 Å². The fraction of sp³-hybridized carbons (Fsp3) is 0.188. The second kappa shape index (κ2) is 6.07. The number of hydrogen-bond acceptors (Lipinski definition) is 2. The van der Waals surface area contributed by atoms with Gasteiger partial charge in [-0.2, -0.15) is 0 Å². The van der Waals surface area contributed by atoms with Gasteiger partial charge in [0.2, 0.25) is 5.91 Å². The van der Waals surface area contributed by atoms with Crippen LogP contribution in [-0.4, -0.2) is 5.91 Å². The van der Waals surface area contributed by atoms with Crippen molar-refractivity contribution in [1.82, 2.24) is 0 Å². The maximum Gasteiger partial charge on any atom is 0.245 e. The fourth-order valence-electron chi connectivity index (χ4n) is 2.09. The van der Waals surface area contributed by atoms with Gasteiger partial charge in [0.15, 0.2) is 0 Å². The van der Waals surface area contributed by atoms with Crippen molar-refractivity contribution >= 4 is 23.2 Å². The summed E-state index contributed by atoms with van der Waals surface area (Å²) in [6, 6.07) is 12.3. The van der Waals surface area contributed by atoms with Crippen LogP contribution < -0.4 is 11.1 Å². The van der Waals surface area contributed by atoms with E-state index in [4.69, 9.17) is 17.3 Å². The first-order valence-electron chi connectivity index (χ1n) is 6.37. The van der Waals surface area contributed by atoms with Gasteiger partial charge >= 0.3 is 0 Å². The molecule has 20 heavy (non-hydrogen) atoms. The molecule has 1 atom stereocenters. The van der Waals surface area contributed by atoms with E-state index in [-0.39, 0.29) is 5.91 Å². The van der Waals surface area contributed by atoms with Gasteiger partial charge in [0.25, 0.3) is 0 Å². The first kappa shape index (κ1) is 14.6. The predicted octanol–water partition coefficient (Wildman–Crippen LogP) is 3.60. The Kier molecular flexibility index (Phi) is 4.42. The summed E-state index contributed by atoms with van der Waals surface area (Å²) in [5, 5.41) is 3.33. The third-order valence-corrected chi connectivity index (χ3v) is 3.42. The minimum Gasteiger partial charge on any atom is -0.323 e. The molecule has 1 amide bonds. The number of carbonyl (C=O) groups is 1. The van der Waals surface area contributed by atoms with E-state index in [1.165, 1.54) is 0 Å². The summed E-state index contributed by atoms with van der Waals surface area (Å²) >= 11 is 6.17. The molecule has 0 fully saturated rings. The number of hydrogen-bond donors (Lipinski definition) is 2. The molecule has 3 N–H and O–H groups in total. The van der Waals surface area contributed by atoms with E-state index in [9.17, 15) is 4.79 Å². The van der Waals surface area contributed by atoms with Crippen LogP contribution in [0.2, 0.25) is 5.02 Å². The molecule has 0 aliphatic heterocycles. The highest BCUT2D eigenvalue weighted by molar-refractivity contribution is 6.34. The van der Waals surface area contributed by atoms with E-state index in [1.807, 2.05) is 56.3 Å². The quantitative estimate of drug-likeness (QED) is 0.907. The lowest BCUT2D eigenvalue weighted by molar-refractivity contribution is -0.117. The molecule has 0 bridgehead atoms. The van der Waals surface area contributed by atoms with Crippen LogP contribution >= 0.6 is 11.6 Å². The molecule has 0 saturated carbocycles. The van der Waals surface area contributed by atoms with Crippen LogP contribution in [0, 0.1) is 13.8 Å². The molecule has 0 heterocycles. The normalized spacial score (nSPS) is 12.0. The standard InChI is InChI=1S/C16H17ClN2O/c1-10-8-11(2)15(13(17)9-10)19-16(20)14(18)12-6-4-3-5-7-12/h3-9,14H,18H2,1-2H3,(H,19,20)/t14-/m0/s1. The Bertz CT molecular complexity index is 603. The summed E-state index contributed by atoms with van der Waals surface area (Å²) in [7, 11) is 0. The van der Waals surface area contributed by atoms with Crippen molar-refractivity contribution in [3.05, 3.63) is 64.2 Å². The number of halogens is 1. The van der Waals surface area contributed by atoms with Gasteiger partial charge < -0.3 is 11.1 Å². The van der Waals surface area contributed by atoms with Gasteiger partial charge in [-0.05, 0) is 36.6 Å².